The molecule has 0 aliphatic rings. The van der Waals surface area contributed by atoms with Gasteiger partial charge in [-0.3, -0.25) is 10.0 Å². The maximum atomic E-state index is 12.9. The third kappa shape index (κ3) is 6.96. The number of carbonyl (C=O) groups excluding carboxylic acids is 3. The molecular formula is C28H30N6O5. The quantitative estimate of drug-likeness (QED) is 0.139. The summed E-state index contributed by atoms with van der Waals surface area (Å²) in [7, 11) is 0. The van der Waals surface area contributed by atoms with E-state index in [0.29, 0.717) is 23.4 Å². The van der Waals surface area contributed by atoms with Gasteiger partial charge in [-0.1, -0.05) is 73.7 Å². The van der Waals surface area contributed by atoms with Gasteiger partial charge in [0.05, 0.1) is 24.0 Å². The zero-order valence-corrected chi connectivity index (χ0v) is 21.6. The lowest BCUT2D eigenvalue weighted by molar-refractivity contribution is -0.131. The third-order valence-corrected chi connectivity index (χ3v) is 6.02. The third-order valence-electron chi connectivity index (χ3n) is 6.02. The van der Waals surface area contributed by atoms with Gasteiger partial charge in [-0.15, -0.1) is 5.10 Å². The summed E-state index contributed by atoms with van der Waals surface area (Å²) in [6.45, 7) is 3.88. The molecule has 0 aliphatic carbocycles. The van der Waals surface area contributed by atoms with Crippen molar-refractivity contribution < 1.29 is 24.3 Å². The molecule has 202 valence electrons. The minimum atomic E-state index is -0.880. The highest BCUT2D eigenvalue weighted by Crippen LogP contribution is 2.21. The van der Waals surface area contributed by atoms with Crippen LogP contribution in [0, 0.1) is 5.92 Å². The van der Waals surface area contributed by atoms with Crippen molar-refractivity contribution in [2.45, 2.75) is 39.5 Å². The lowest BCUT2D eigenvalue weighted by atomic mass is 10.0. The molecule has 11 heteroatoms. The predicted molar refractivity (Wildman–Crippen MR) is 143 cm³/mol. The monoisotopic (exact) mass is 530 g/mol. The molecule has 0 saturated carbocycles. The number of hydrogen-bond acceptors (Lipinski definition) is 7. The number of rotatable bonds is 10. The minimum Gasteiger partial charge on any atom is -0.457 e. The van der Waals surface area contributed by atoms with Crippen molar-refractivity contribution in [1.82, 2.24) is 31.1 Å². The fourth-order valence-corrected chi connectivity index (χ4v) is 4.14. The van der Waals surface area contributed by atoms with Gasteiger partial charge in [-0.05, 0) is 35.2 Å². The van der Waals surface area contributed by atoms with E-state index < -0.39 is 23.9 Å². The normalized spacial score (nSPS) is 11.7. The molecular weight excluding hydrogens is 500 g/mol. The number of carbonyl (C=O) groups is 3. The molecule has 3 aromatic carbocycles. The summed E-state index contributed by atoms with van der Waals surface area (Å²) in [6.07, 6.45) is 2.01. The second-order valence-corrected chi connectivity index (χ2v) is 9.37. The Kier molecular flexibility index (Phi) is 8.85. The molecule has 1 aromatic heterocycles. The van der Waals surface area contributed by atoms with Gasteiger partial charge in [0.25, 0.3) is 5.91 Å². The number of nitrogens with zero attached hydrogens (tertiary/aromatic N) is 3. The van der Waals surface area contributed by atoms with E-state index in [2.05, 4.69) is 20.9 Å². The van der Waals surface area contributed by atoms with E-state index in [1.165, 1.54) is 4.68 Å². The molecule has 4 N–H and O–H groups in total. The van der Waals surface area contributed by atoms with Gasteiger partial charge < -0.3 is 15.4 Å². The molecule has 4 rings (SSSR count). The maximum absolute atomic E-state index is 12.9. The number of esters is 1. The molecule has 3 amide bonds. The van der Waals surface area contributed by atoms with Crippen LogP contribution in [0.25, 0.3) is 16.5 Å². The topological polar surface area (TPSA) is 147 Å². The second kappa shape index (κ2) is 12.7. The van der Waals surface area contributed by atoms with E-state index in [1.54, 1.807) is 17.7 Å². The Morgan fingerprint density at radius 2 is 1.74 bits per heavy atom. The highest BCUT2D eigenvalue weighted by Gasteiger charge is 2.21. The van der Waals surface area contributed by atoms with Gasteiger partial charge >= 0.3 is 12.0 Å². The molecule has 1 atom stereocenters. The first-order valence-corrected chi connectivity index (χ1v) is 12.5. The van der Waals surface area contributed by atoms with Crippen LogP contribution in [0.3, 0.4) is 0 Å². The Morgan fingerprint density at radius 1 is 1.00 bits per heavy atom. The van der Waals surface area contributed by atoms with E-state index in [1.807, 2.05) is 74.5 Å². The van der Waals surface area contributed by atoms with Gasteiger partial charge in [0.2, 0.25) is 0 Å². The zero-order valence-electron chi connectivity index (χ0n) is 21.6. The highest BCUT2D eigenvalue weighted by molar-refractivity contribution is 6.04. The lowest BCUT2D eigenvalue weighted by Gasteiger charge is -2.18. The molecule has 0 aliphatic heterocycles. The van der Waals surface area contributed by atoms with Crippen molar-refractivity contribution in [3.63, 3.8) is 0 Å². The molecule has 39 heavy (non-hydrogen) atoms. The molecule has 1 heterocycles. The van der Waals surface area contributed by atoms with Crippen molar-refractivity contribution in [3.8, 4) is 5.69 Å². The predicted octanol–water partition coefficient (Wildman–Crippen LogP) is 3.50. The van der Waals surface area contributed by atoms with Gasteiger partial charge in [-0.25, -0.2) is 19.8 Å². The smallest absolute Gasteiger partial charge is 0.339 e. The molecule has 0 radical (unpaired) electrons. The van der Waals surface area contributed by atoms with Crippen LogP contribution >= 0.6 is 0 Å². The average Bonchev–Trinajstić information content (AvgIpc) is 3.42. The number of nitrogens with one attached hydrogen (secondary N) is 3. The van der Waals surface area contributed by atoms with Crippen LogP contribution in [0.1, 0.15) is 41.9 Å². The Morgan fingerprint density at radius 3 is 2.54 bits per heavy atom. The minimum absolute atomic E-state index is 0.0260. The number of benzene rings is 3. The van der Waals surface area contributed by atoms with Crippen molar-refractivity contribution in [2.24, 2.45) is 5.92 Å². The van der Waals surface area contributed by atoms with Crippen molar-refractivity contribution >= 4 is 28.7 Å². The number of para-hydroxylation sites is 1. The first-order valence-electron chi connectivity index (χ1n) is 12.5. The number of aromatic nitrogens is 3. The number of hydroxylamine groups is 1. The first kappa shape index (κ1) is 27.3. The fraction of sp³-hybridized carbons (Fsp3) is 0.250. The van der Waals surface area contributed by atoms with Crippen molar-refractivity contribution in [3.05, 3.63) is 89.7 Å². The summed E-state index contributed by atoms with van der Waals surface area (Å²) in [6, 6.07) is 19.0. The first-order chi connectivity index (χ1) is 18.9. The second-order valence-electron chi connectivity index (χ2n) is 9.37. The zero-order chi connectivity index (χ0) is 27.8. The molecule has 0 saturated heterocycles. The lowest BCUT2D eigenvalue weighted by Crippen LogP contribution is -2.49. The Hall–Kier alpha value is -4.77. The van der Waals surface area contributed by atoms with Gasteiger partial charge in [0.15, 0.2) is 0 Å². The largest absolute Gasteiger partial charge is 0.457 e. The van der Waals surface area contributed by atoms with Crippen LogP contribution in [-0.4, -0.2) is 44.2 Å². The summed E-state index contributed by atoms with van der Waals surface area (Å²) < 4.78 is 7.19. The van der Waals surface area contributed by atoms with Crippen LogP contribution in [0.15, 0.2) is 72.9 Å². The van der Waals surface area contributed by atoms with Gasteiger partial charge in [-0.2, -0.15) is 0 Å². The van der Waals surface area contributed by atoms with Crippen molar-refractivity contribution in [2.75, 3.05) is 0 Å². The number of urea groups is 1. The molecule has 0 unspecified atom stereocenters. The highest BCUT2D eigenvalue weighted by atomic mass is 16.5. The summed E-state index contributed by atoms with van der Waals surface area (Å²) >= 11 is 0. The number of fused-ring (bicyclic) bond motifs is 1. The number of amides is 3. The summed E-state index contributed by atoms with van der Waals surface area (Å²) in [4.78, 5) is 37.0. The fourth-order valence-electron chi connectivity index (χ4n) is 4.14. The molecule has 11 nitrogen and oxygen atoms in total. The van der Waals surface area contributed by atoms with Gasteiger partial charge in [0.1, 0.15) is 18.3 Å². The molecule has 0 bridgehead atoms. The summed E-state index contributed by atoms with van der Waals surface area (Å²) in [5.74, 6) is -0.997. The Bertz CT molecular complexity index is 1460. The maximum Gasteiger partial charge on any atom is 0.339 e. The van der Waals surface area contributed by atoms with Crippen LogP contribution in [0.4, 0.5) is 4.79 Å². The van der Waals surface area contributed by atoms with E-state index in [4.69, 9.17) is 9.94 Å². The van der Waals surface area contributed by atoms with Gasteiger partial charge in [0, 0.05) is 5.56 Å². The molecule has 0 fully saturated rings. The van der Waals surface area contributed by atoms with Crippen LogP contribution in [0.2, 0.25) is 0 Å². The standard InChI is InChI=1S/C28H30N6O5/c1-18(2)14-24(26(35)32-38)30-28(37)29-15-21-16-34(33-31-21)25-13-6-4-9-20(25)17-39-27(36)23-12-7-10-19-8-3-5-11-22(19)23/h3-13,16,18,24,38H,14-15,17H2,1-2H3,(H,32,35)(H2,29,30,37)/t24-/m0/s1. The number of ether oxygens (including phenoxy) is 1. The Balaban J connectivity index is 1.39. The van der Waals surface area contributed by atoms with Crippen LogP contribution in [0.5, 0.6) is 0 Å². The van der Waals surface area contributed by atoms with E-state index >= 15 is 0 Å². The van der Waals surface area contributed by atoms with Crippen LogP contribution in [-0.2, 0) is 22.7 Å². The summed E-state index contributed by atoms with van der Waals surface area (Å²) in [5, 5.41) is 24.1. The van der Waals surface area contributed by atoms with E-state index in [0.717, 1.165) is 16.3 Å². The Labute approximate surface area is 225 Å². The number of hydrogen-bond donors (Lipinski definition) is 4. The molecule has 4 aromatic rings. The SMILES string of the molecule is CC(C)C[C@H](NC(=O)NCc1cn(-c2ccccc2COC(=O)c2cccc3ccccc23)nn1)C(=O)NO. The van der Waals surface area contributed by atoms with E-state index in [-0.39, 0.29) is 19.1 Å². The van der Waals surface area contributed by atoms with Crippen LogP contribution < -0.4 is 16.1 Å². The van der Waals surface area contributed by atoms with E-state index in [9.17, 15) is 14.4 Å². The summed E-state index contributed by atoms with van der Waals surface area (Å²) in [5.41, 5.74) is 3.93. The molecule has 0 spiro atoms. The average molecular weight is 531 g/mol. The van der Waals surface area contributed by atoms with Crippen molar-refractivity contribution in [1.29, 1.82) is 0 Å².